The van der Waals surface area contributed by atoms with E-state index in [9.17, 15) is 4.79 Å². The first-order valence-electron chi connectivity index (χ1n) is 8.78. The summed E-state index contributed by atoms with van der Waals surface area (Å²) in [6.45, 7) is 2.13. The molecule has 0 aliphatic carbocycles. The van der Waals surface area contributed by atoms with E-state index in [1.165, 1.54) is 0 Å². The molecular formula is C21H17ClN4O2. The number of ether oxygens (including phenoxy) is 1. The molecule has 28 heavy (non-hydrogen) atoms. The molecule has 4 rings (SSSR count). The van der Waals surface area contributed by atoms with Crippen LogP contribution in [0.2, 0.25) is 5.02 Å². The normalized spacial score (nSPS) is 10.8. The van der Waals surface area contributed by atoms with E-state index in [0.29, 0.717) is 22.8 Å². The van der Waals surface area contributed by atoms with Gasteiger partial charge in [-0.25, -0.2) is 9.78 Å². The molecule has 0 fully saturated rings. The van der Waals surface area contributed by atoms with Gasteiger partial charge in [0.1, 0.15) is 11.5 Å². The van der Waals surface area contributed by atoms with Gasteiger partial charge >= 0.3 is 5.97 Å². The summed E-state index contributed by atoms with van der Waals surface area (Å²) >= 11 is 6.17. The van der Waals surface area contributed by atoms with Crippen LogP contribution < -0.4 is 5.32 Å². The number of carbonyl (C=O) groups is 1. The third-order valence-electron chi connectivity index (χ3n) is 4.19. The molecule has 0 saturated carbocycles. The summed E-state index contributed by atoms with van der Waals surface area (Å²) in [4.78, 5) is 20.7. The maximum absolute atomic E-state index is 11.8. The van der Waals surface area contributed by atoms with Gasteiger partial charge in [0.05, 0.1) is 18.4 Å². The predicted molar refractivity (Wildman–Crippen MR) is 109 cm³/mol. The Morgan fingerprint density at radius 1 is 1.21 bits per heavy atom. The van der Waals surface area contributed by atoms with Crippen LogP contribution in [0.15, 0.2) is 67.1 Å². The Bertz CT molecular complexity index is 1140. The van der Waals surface area contributed by atoms with Crippen molar-refractivity contribution < 1.29 is 9.53 Å². The monoisotopic (exact) mass is 392 g/mol. The maximum atomic E-state index is 11.8. The van der Waals surface area contributed by atoms with Crippen LogP contribution in [0, 0.1) is 0 Å². The van der Waals surface area contributed by atoms with E-state index in [1.54, 1.807) is 31.5 Å². The maximum Gasteiger partial charge on any atom is 0.338 e. The molecule has 0 spiro atoms. The molecule has 0 unspecified atom stereocenters. The Labute approximate surface area is 166 Å². The van der Waals surface area contributed by atoms with Gasteiger partial charge in [0, 0.05) is 28.7 Å². The molecule has 0 radical (unpaired) electrons. The second-order valence-corrected chi connectivity index (χ2v) is 6.48. The summed E-state index contributed by atoms with van der Waals surface area (Å²) in [5, 5.41) is 4.03. The lowest BCUT2D eigenvalue weighted by atomic mass is 10.1. The molecule has 0 atom stereocenters. The molecule has 0 amide bonds. The largest absolute Gasteiger partial charge is 0.462 e. The van der Waals surface area contributed by atoms with Crippen LogP contribution in [0.4, 0.5) is 11.5 Å². The molecule has 0 bridgehead atoms. The minimum absolute atomic E-state index is 0.338. The molecule has 4 aromatic rings. The lowest BCUT2D eigenvalue weighted by molar-refractivity contribution is 0.0526. The third kappa shape index (κ3) is 3.54. The van der Waals surface area contributed by atoms with Gasteiger partial charge in [0.25, 0.3) is 0 Å². The van der Waals surface area contributed by atoms with E-state index in [1.807, 2.05) is 47.0 Å². The Morgan fingerprint density at radius 2 is 2.04 bits per heavy atom. The highest BCUT2D eigenvalue weighted by Gasteiger charge is 2.15. The zero-order chi connectivity index (χ0) is 19.5. The van der Waals surface area contributed by atoms with E-state index in [-0.39, 0.29) is 5.97 Å². The fraction of sp³-hybridized carbons (Fsp3) is 0.0952. The molecule has 6 nitrogen and oxygen atoms in total. The highest BCUT2D eigenvalue weighted by molar-refractivity contribution is 6.30. The van der Waals surface area contributed by atoms with Gasteiger partial charge in [0.2, 0.25) is 0 Å². The molecule has 7 heteroatoms. The number of hydrogen-bond donors (Lipinski definition) is 1. The molecule has 2 aromatic heterocycles. The topological polar surface area (TPSA) is 68.5 Å². The number of carbonyl (C=O) groups excluding carboxylic acids is 1. The molecule has 2 heterocycles. The molecule has 0 aliphatic rings. The fourth-order valence-electron chi connectivity index (χ4n) is 2.90. The quantitative estimate of drug-likeness (QED) is 0.485. The van der Waals surface area contributed by atoms with Crippen molar-refractivity contribution in [3.8, 4) is 11.3 Å². The van der Waals surface area contributed by atoms with Crippen molar-refractivity contribution in [2.45, 2.75) is 6.92 Å². The zero-order valence-corrected chi connectivity index (χ0v) is 15.8. The van der Waals surface area contributed by atoms with Gasteiger partial charge in [0.15, 0.2) is 5.65 Å². The Kier molecular flexibility index (Phi) is 4.95. The van der Waals surface area contributed by atoms with E-state index < -0.39 is 0 Å². The number of esters is 1. The molecular weight excluding hydrogens is 376 g/mol. The summed E-state index contributed by atoms with van der Waals surface area (Å²) in [5.41, 5.74) is 3.68. The van der Waals surface area contributed by atoms with Crippen LogP contribution in [0.1, 0.15) is 17.3 Å². The second kappa shape index (κ2) is 7.70. The summed E-state index contributed by atoms with van der Waals surface area (Å²) in [6.07, 6.45) is 5.24. The van der Waals surface area contributed by atoms with E-state index in [2.05, 4.69) is 10.3 Å². The lowest BCUT2D eigenvalue weighted by Crippen LogP contribution is -2.04. The van der Waals surface area contributed by atoms with Crippen molar-refractivity contribution in [2.75, 3.05) is 11.9 Å². The molecule has 140 valence electrons. The first-order chi connectivity index (χ1) is 13.7. The Morgan fingerprint density at radius 3 is 2.79 bits per heavy atom. The van der Waals surface area contributed by atoms with Crippen molar-refractivity contribution in [1.82, 2.24) is 14.4 Å². The number of anilines is 2. The lowest BCUT2D eigenvalue weighted by Gasteiger charge is -2.10. The van der Waals surface area contributed by atoms with Gasteiger partial charge < -0.3 is 10.1 Å². The van der Waals surface area contributed by atoms with Crippen molar-refractivity contribution in [3.63, 3.8) is 0 Å². The second-order valence-electron chi connectivity index (χ2n) is 6.05. The SMILES string of the molecule is CCOC(=O)c1ccc(Nc2c(-c3cccc(Cl)c3)nc3cnccn23)cc1. The summed E-state index contributed by atoms with van der Waals surface area (Å²) in [5.74, 6) is 0.443. The summed E-state index contributed by atoms with van der Waals surface area (Å²) in [6, 6.07) is 14.6. The number of hydrogen-bond acceptors (Lipinski definition) is 5. The molecule has 2 aromatic carbocycles. The molecule has 1 N–H and O–H groups in total. The standard InChI is InChI=1S/C21H17ClN4O2/c1-2-28-21(27)14-6-8-17(9-7-14)24-20-19(15-4-3-5-16(22)12-15)25-18-13-23-10-11-26(18)20/h3-13,24H,2H2,1H3. The average molecular weight is 393 g/mol. The number of nitrogens with zero attached hydrogens (tertiary/aromatic N) is 3. The number of imidazole rings is 1. The van der Waals surface area contributed by atoms with Crippen molar-refractivity contribution in [2.24, 2.45) is 0 Å². The van der Waals surface area contributed by atoms with E-state index >= 15 is 0 Å². The third-order valence-corrected chi connectivity index (χ3v) is 4.42. The van der Waals surface area contributed by atoms with Crippen LogP contribution >= 0.6 is 11.6 Å². The van der Waals surface area contributed by atoms with Gasteiger partial charge in [-0.15, -0.1) is 0 Å². The Balaban J connectivity index is 1.74. The minimum Gasteiger partial charge on any atom is -0.462 e. The van der Waals surface area contributed by atoms with Crippen LogP contribution in [0.5, 0.6) is 0 Å². The number of rotatable bonds is 5. The summed E-state index contributed by atoms with van der Waals surface area (Å²) < 4.78 is 6.95. The van der Waals surface area contributed by atoms with Crippen LogP contribution in [0.3, 0.4) is 0 Å². The number of fused-ring (bicyclic) bond motifs is 1. The summed E-state index contributed by atoms with van der Waals surface area (Å²) in [7, 11) is 0. The average Bonchev–Trinajstić information content (AvgIpc) is 3.07. The van der Waals surface area contributed by atoms with E-state index in [4.69, 9.17) is 21.3 Å². The van der Waals surface area contributed by atoms with Crippen LogP contribution in [-0.4, -0.2) is 26.9 Å². The smallest absolute Gasteiger partial charge is 0.338 e. The highest BCUT2D eigenvalue weighted by Crippen LogP contribution is 2.32. The number of halogens is 1. The van der Waals surface area contributed by atoms with Crippen molar-refractivity contribution in [3.05, 3.63) is 77.7 Å². The zero-order valence-electron chi connectivity index (χ0n) is 15.1. The highest BCUT2D eigenvalue weighted by atomic mass is 35.5. The van der Waals surface area contributed by atoms with Gasteiger partial charge in [-0.2, -0.15) is 0 Å². The van der Waals surface area contributed by atoms with Crippen molar-refractivity contribution in [1.29, 1.82) is 0 Å². The Hall–Kier alpha value is -3.38. The number of aromatic nitrogens is 3. The molecule has 0 aliphatic heterocycles. The van der Waals surface area contributed by atoms with Crippen LogP contribution in [0.25, 0.3) is 16.9 Å². The first kappa shape index (κ1) is 18.0. The van der Waals surface area contributed by atoms with Gasteiger partial charge in [-0.1, -0.05) is 23.7 Å². The van der Waals surface area contributed by atoms with Gasteiger partial charge in [-0.05, 0) is 43.3 Å². The number of nitrogens with one attached hydrogen (secondary N) is 1. The van der Waals surface area contributed by atoms with E-state index in [0.717, 1.165) is 22.8 Å². The number of benzene rings is 2. The van der Waals surface area contributed by atoms with Crippen LogP contribution in [-0.2, 0) is 4.74 Å². The fourth-order valence-corrected chi connectivity index (χ4v) is 3.09. The minimum atomic E-state index is -0.338. The first-order valence-corrected chi connectivity index (χ1v) is 9.15. The molecule has 0 saturated heterocycles. The predicted octanol–water partition coefficient (Wildman–Crippen LogP) is 4.97. The van der Waals surface area contributed by atoms with Crippen molar-refractivity contribution >= 4 is 34.7 Å². The van der Waals surface area contributed by atoms with Gasteiger partial charge in [-0.3, -0.25) is 9.38 Å².